The molecule has 0 unspecified atom stereocenters. The van der Waals surface area contributed by atoms with E-state index < -0.39 is 14.3 Å². The maximum absolute atomic E-state index is 10.8. The van der Waals surface area contributed by atoms with E-state index >= 15 is 0 Å². The first kappa shape index (κ1) is 9.29. The SMILES string of the molecule is O=S(=O)(Cl)c1nc2cccc(O)c2o1. The van der Waals surface area contributed by atoms with Gasteiger partial charge in [0.15, 0.2) is 11.3 Å². The molecule has 0 aliphatic carbocycles. The molecule has 5 nitrogen and oxygen atoms in total. The Morgan fingerprint density at radius 1 is 1.43 bits per heavy atom. The Kier molecular flexibility index (Phi) is 1.90. The largest absolute Gasteiger partial charge is 0.504 e. The lowest BCUT2D eigenvalue weighted by atomic mass is 10.3. The van der Waals surface area contributed by atoms with Gasteiger partial charge in [0.25, 0.3) is 0 Å². The van der Waals surface area contributed by atoms with E-state index in [2.05, 4.69) is 4.98 Å². The molecule has 0 radical (unpaired) electrons. The van der Waals surface area contributed by atoms with E-state index in [1.807, 2.05) is 0 Å². The van der Waals surface area contributed by atoms with Crippen molar-refractivity contribution in [2.45, 2.75) is 5.22 Å². The number of nitrogens with zero attached hydrogens (tertiary/aromatic N) is 1. The molecule has 0 atom stereocenters. The highest BCUT2D eigenvalue weighted by Gasteiger charge is 2.19. The smallest absolute Gasteiger partial charge is 0.332 e. The molecule has 0 aliphatic rings. The Labute approximate surface area is 83.4 Å². The molecule has 0 bridgehead atoms. The van der Waals surface area contributed by atoms with Crippen LogP contribution in [-0.2, 0) is 9.05 Å². The van der Waals surface area contributed by atoms with Gasteiger partial charge >= 0.3 is 14.3 Å². The summed E-state index contributed by atoms with van der Waals surface area (Å²) in [6.07, 6.45) is 0. The van der Waals surface area contributed by atoms with E-state index in [-0.39, 0.29) is 16.8 Å². The Morgan fingerprint density at radius 3 is 2.71 bits per heavy atom. The van der Waals surface area contributed by atoms with Crippen molar-refractivity contribution in [3.8, 4) is 5.75 Å². The maximum atomic E-state index is 10.8. The van der Waals surface area contributed by atoms with Crippen molar-refractivity contribution in [1.29, 1.82) is 0 Å². The van der Waals surface area contributed by atoms with Gasteiger partial charge in [-0.15, -0.1) is 0 Å². The van der Waals surface area contributed by atoms with E-state index in [9.17, 15) is 13.5 Å². The van der Waals surface area contributed by atoms with Crippen molar-refractivity contribution in [3.63, 3.8) is 0 Å². The van der Waals surface area contributed by atoms with Gasteiger partial charge < -0.3 is 9.52 Å². The van der Waals surface area contributed by atoms with E-state index in [1.54, 1.807) is 0 Å². The van der Waals surface area contributed by atoms with Crippen LogP contribution in [0, 0.1) is 0 Å². The number of halogens is 1. The Morgan fingerprint density at radius 2 is 2.14 bits per heavy atom. The summed E-state index contributed by atoms with van der Waals surface area (Å²) in [6, 6.07) is 4.38. The number of fused-ring (bicyclic) bond motifs is 1. The molecule has 0 spiro atoms. The number of para-hydroxylation sites is 1. The van der Waals surface area contributed by atoms with Crippen molar-refractivity contribution >= 4 is 30.8 Å². The van der Waals surface area contributed by atoms with Gasteiger partial charge in [-0.2, -0.15) is 4.98 Å². The predicted octanol–water partition coefficient (Wildman–Crippen LogP) is 1.46. The van der Waals surface area contributed by atoms with Crippen molar-refractivity contribution in [3.05, 3.63) is 18.2 Å². The number of aromatic nitrogens is 1. The van der Waals surface area contributed by atoms with Crippen LogP contribution in [0.5, 0.6) is 5.75 Å². The predicted molar refractivity (Wildman–Crippen MR) is 48.7 cm³/mol. The molecule has 2 rings (SSSR count). The fourth-order valence-corrected chi connectivity index (χ4v) is 1.61. The fraction of sp³-hybridized carbons (Fsp3) is 0. The minimum Gasteiger partial charge on any atom is -0.504 e. The lowest BCUT2D eigenvalue weighted by Crippen LogP contribution is -1.88. The first-order valence-electron chi connectivity index (χ1n) is 3.51. The summed E-state index contributed by atoms with van der Waals surface area (Å²) >= 11 is 0. The maximum Gasteiger partial charge on any atom is 0.332 e. The summed E-state index contributed by atoms with van der Waals surface area (Å²) in [5.74, 6) is -0.179. The zero-order chi connectivity index (χ0) is 10.3. The van der Waals surface area contributed by atoms with Crippen LogP contribution in [0.1, 0.15) is 0 Å². The van der Waals surface area contributed by atoms with Gasteiger partial charge in [-0.3, -0.25) is 0 Å². The lowest BCUT2D eigenvalue weighted by molar-refractivity contribution is 0.431. The summed E-state index contributed by atoms with van der Waals surface area (Å²) in [5.41, 5.74) is 0.246. The number of phenols is 1. The van der Waals surface area contributed by atoms with Gasteiger partial charge in [0, 0.05) is 10.7 Å². The van der Waals surface area contributed by atoms with Crippen molar-refractivity contribution in [1.82, 2.24) is 4.98 Å². The van der Waals surface area contributed by atoms with Crippen molar-refractivity contribution in [2.75, 3.05) is 0 Å². The summed E-state index contributed by atoms with van der Waals surface area (Å²) in [6.45, 7) is 0. The van der Waals surface area contributed by atoms with Crippen LogP contribution in [0.4, 0.5) is 0 Å². The van der Waals surface area contributed by atoms with Gasteiger partial charge in [0.2, 0.25) is 0 Å². The Hall–Kier alpha value is -1.27. The molecule has 0 aliphatic heterocycles. The average Bonchev–Trinajstić information content (AvgIpc) is 2.48. The number of aromatic hydroxyl groups is 1. The average molecular weight is 234 g/mol. The number of oxazole rings is 1. The third-order valence-corrected chi connectivity index (χ3v) is 2.57. The monoisotopic (exact) mass is 233 g/mol. The van der Waals surface area contributed by atoms with E-state index in [0.717, 1.165) is 0 Å². The molecule has 0 saturated heterocycles. The third-order valence-electron chi connectivity index (χ3n) is 1.58. The second kappa shape index (κ2) is 2.86. The molecule has 1 heterocycles. The quantitative estimate of drug-likeness (QED) is 0.755. The summed E-state index contributed by atoms with van der Waals surface area (Å²) in [7, 11) is 1.02. The molecule has 2 aromatic rings. The molecule has 14 heavy (non-hydrogen) atoms. The molecule has 1 aromatic heterocycles. The van der Waals surface area contributed by atoms with Crippen LogP contribution in [0.2, 0.25) is 0 Å². The van der Waals surface area contributed by atoms with Crippen LogP contribution in [0.25, 0.3) is 11.1 Å². The van der Waals surface area contributed by atoms with E-state index in [4.69, 9.17) is 15.1 Å². The summed E-state index contributed by atoms with van der Waals surface area (Å²) in [5, 5.41) is 8.66. The highest BCUT2D eigenvalue weighted by molar-refractivity contribution is 8.13. The van der Waals surface area contributed by atoms with Crippen LogP contribution in [0.15, 0.2) is 27.8 Å². The van der Waals surface area contributed by atoms with Gasteiger partial charge in [0.1, 0.15) is 5.52 Å². The molecule has 1 N–H and O–H groups in total. The molecule has 7 heteroatoms. The zero-order valence-electron chi connectivity index (χ0n) is 6.64. The standard InChI is InChI=1S/C7H4ClNO4S/c8-14(11,12)7-9-4-2-1-3-5(10)6(4)13-7/h1-3,10H. The van der Waals surface area contributed by atoms with Crippen molar-refractivity contribution in [2.24, 2.45) is 0 Å². The second-order valence-electron chi connectivity index (χ2n) is 2.54. The second-order valence-corrected chi connectivity index (χ2v) is 4.99. The van der Waals surface area contributed by atoms with Crippen LogP contribution >= 0.6 is 10.7 Å². The molecule has 0 saturated carbocycles. The van der Waals surface area contributed by atoms with Crippen LogP contribution in [0.3, 0.4) is 0 Å². The number of rotatable bonds is 1. The summed E-state index contributed by atoms with van der Waals surface area (Å²) < 4.78 is 26.5. The molecular formula is C7H4ClNO4S. The topological polar surface area (TPSA) is 80.4 Å². The number of benzene rings is 1. The first-order valence-corrected chi connectivity index (χ1v) is 5.82. The van der Waals surface area contributed by atoms with Gasteiger partial charge in [-0.25, -0.2) is 8.42 Å². The molecule has 0 amide bonds. The van der Waals surface area contributed by atoms with Gasteiger partial charge in [0.05, 0.1) is 0 Å². The minimum atomic E-state index is -4.00. The van der Waals surface area contributed by atoms with Crippen molar-refractivity contribution < 1.29 is 17.9 Å². The number of hydrogen-bond acceptors (Lipinski definition) is 5. The van der Waals surface area contributed by atoms with E-state index in [0.29, 0.717) is 0 Å². The minimum absolute atomic E-state index is 0.00623. The lowest BCUT2D eigenvalue weighted by Gasteiger charge is -1.88. The fourth-order valence-electron chi connectivity index (χ4n) is 1.02. The van der Waals surface area contributed by atoms with Crippen LogP contribution < -0.4 is 0 Å². The number of hydrogen-bond donors (Lipinski definition) is 1. The normalized spacial score (nSPS) is 12.1. The molecule has 1 aromatic carbocycles. The molecule has 74 valence electrons. The highest BCUT2D eigenvalue weighted by Crippen LogP contribution is 2.27. The van der Waals surface area contributed by atoms with Gasteiger partial charge in [-0.1, -0.05) is 6.07 Å². The first-order chi connectivity index (χ1) is 6.48. The van der Waals surface area contributed by atoms with Crippen LogP contribution in [-0.4, -0.2) is 18.5 Å². The van der Waals surface area contributed by atoms with Gasteiger partial charge in [-0.05, 0) is 12.1 Å². The zero-order valence-corrected chi connectivity index (χ0v) is 8.21. The molecule has 0 fully saturated rings. The van der Waals surface area contributed by atoms with E-state index in [1.165, 1.54) is 18.2 Å². The Balaban J connectivity index is 2.81. The third kappa shape index (κ3) is 1.42. The molecular weight excluding hydrogens is 230 g/mol. The summed E-state index contributed by atoms with van der Waals surface area (Å²) in [4.78, 5) is 3.60. The highest BCUT2D eigenvalue weighted by atomic mass is 35.7. The number of phenolic OH excluding ortho intramolecular Hbond substituents is 1. The Bertz CT molecular complexity index is 589.